The average Bonchev–Trinajstić information content (AvgIpc) is 3.49. The molecule has 2 aromatic heterocycles. The van der Waals surface area contributed by atoms with Crippen molar-refractivity contribution in [2.24, 2.45) is 0 Å². The number of anilines is 2. The van der Waals surface area contributed by atoms with Crippen LogP contribution in [0.25, 0.3) is 10.4 Å². The van der Waals surface area contributed by atoms with Crippen LogP contribution in [-0.4, -0.2) is 47.0 Å². The van der Waals surface area contributed by atoms with Crippen LogP contribution in [-0.2, 0) is 14.8 Å². The molecule has 1 aliphatic carbocycles. The number of carbonyl (C=O) groups excluding carboxylic acids is 1. The van der Waals surface area contributed by atoms with Crippen LogP contribution in [0.2, 0.25) is 0 Å². The molecule has 0 saturated heterocycles. The number of nitrogens with one attached hydrogen (secondary N) is 3. The summed E-state index contributed by atoms with van der Waals surface area (Å²) in [4.78, 5) is 17.6. The largest absolute Gasteiger partial charge is 0.447 e. The van der Waals surface area contributed by atoms with E-state index in [2.05, 4.69) is 20.5 Å². The molecule has 10 nitrogen and oxygen atoms in total. The van der Waals surface area contributed by atoms with Gasteiger partial charge in [-0.15, -0.1) is 11.3 Å². The molecule has 14 heteroatoms. The Balaban J connectivity index is 1.60. The van der Waals surface area contributed by atoms with Crippen LogP contribution in [0.3, 0.4) is 0 Å². The van der Waals surface area contributed by atoms with Gasteiger partial charge in [0, 0.05) is 28.7 Å². The smallest absolute Gasteiger partial charge is 0.407 e. The molecular weight excluding hydrogens is 586 g/mol. The van der Waals surface area contributed by atoms with E-state index >= 15 is 0 Å². The van der Waals surface area contributed by atoms with Gasteiger partial charge in [0.1, 0.15) is 0 Å². The first-order chi connectivity index (χ1) is 19.6. The van der Waals surface area contributed by atoms with Crippen LogP contribution in [0.4, 0.5) is 25.0 Å². The second-order valence-electron chi connectivity index (χ2n) is 11.8. The molecule has 3 N–H and O–H groups in total. The summed E-state index contributed by atoms with van der Waals surface area (Å²) >= 11 is 1.47. The number of carbonyl (C=O) groups is 1. The summed E-state index contributed by atoms with van der Waals surface area (Å²) in [7, 11) is -3.98. The molecule has 0 aliphatic heterocycles. The Hall–Kier alpha value is -3.10. The van der Waals surface area contributed by atoms with E-state index in [-0.39, 0.29) is 23.0 Å². The van der Waals surface area contributed by atoms with Crippen LogP contribution in [0.1, 0.15) is 83.5 Å². The van der Waals surface area contributed by atoms with Crippen molar-refractivity contribution in [1.29, 1.82) is 0 Å². The third-order valence-corrected chi connectivity index (χ3v) is 9.75. The molecular formula is C28H38F2N6O4S2. The monoisotopic (exact) mass is 624 g/mol. The number of ether oxygens (including phenoxy) is 1. The average molecular weight is 625 g/mol. The molecule has 1 aliphatic rings. The molecule has 0 bridgehead atoms. The normalized spacial score (nSPS) is 18.0. The maximum atomic E-state index is 13.6. The first kappa shape index (κ1) is 31.8. The van der Waals surface area contributed by atoms with Gasteiger partial charge in [-0.05, 0) is 79.4 Å². The van der Waals surface area contributed by atoms with Crippen LogP contribution in [0.15, 0.2) is 35.5 Å². The van der Waals surface area contributed by atoms with Crippen molar-refractivity contribution in [2.45, 2.75) is 102 Å². The highest BCUT2D eigenvalue weighted by molar-refractivity contribution is 7.89. The van der Waals surface area contributed by atoms with E-state index in [9.17, 15) is 22.0 Å². The molecule has 0 atom stereocenters. The number of alkyl carbamates (subject to hydrolysis) is 1. The number of benzene rings is 1. The van der Waals surface area contributed by atoms with Gasteiger partial charge >= 0.3 is 12.6 Å². The standard InChI is InChI=1S/C28H38F2N6O4S2/c1-16(2)40-27(37)34-19-9-7-18(8-10-19)25-32-17(3)24(41-25)22-12-11-20(33-21-14-31-36(15-21)26(29)30)13-23(22)42(38,39)35-28(4,5)6/h11-16,18-19,26,33,35H,7-10H2,1-6H3,(H,34,37)/t18-,19-. The van der Waals surface area contributed by atoms with Gasteiger partial charge < -0.3 is 15.4 Å². The number of aryl methyl sites for hydroxylation is 1. The van der Waals surface area contributed by atoms with Crippen molar-refractivity contribution < 1.29 is 26.7 Å². The van der Waals surface area contributed by atoms with Crippen molar-refractivity contribution in [1.82, 2.24) is 24.8 Å². The fourth-order valence-electron chi connectivity index (χ4n) is 4.89. The first-order valence-corrected chi connectivity index (χ1v) is 16.1. The number of aromatic nitrogens is 3. The minimum Gasteiger partial charge on any atom is -0.447 e. The Labute approximate surface area is 249 Å². The van der Waals surface area contributed by atoms with Crippen molar-refractivity contribution in [3.8, 4) is 10.4 Å². The summed E-state index contributed by atoms with van der Waals surface area (Å²) in [6.45, 7) is 7.97. The third kappa shape index (κ3) is 8.04. The topological polar surface area (TPSA) is 127 Å². The minimum absolute atomic E-state index is 0.0427. The van der Waals surface area contributed by atoms with Crippen LogP contribution < -0.4 is 15.4 Å². The Morgan fingerprint density at radius 3 is 2.43 bits per heavy atom. The minimum atomic E-state index is -3.98. The Morgan fingerprint density at radius 2 is 1.83 bits per heavy atom. The van der Waals surface area contributed by atoms with Crippen LogP contribution >= 0.6 is 11.3 Å². The van der Waals surface area contributed by atoms with E-state index in [1.165, 1.54) is 23.6 Å². The Kier molecular flexibility index (Phi) is 9.58. The van der Waals surface area contributed by atoms with Gasteiger partial charge in [0.2, 0.25) is 10.0 Å². The number of thiazole rings is 1. The van der Waals surface area contributed by atoms with Crippen molar-refractivity contribution >= 4 is 38.8 Å². The Bertz CT molecular complexity index is 1510. The van der Waals surface area contributed by atoms with E-state index in [1.54, 1.807) is 32.9 Å². The highest BCUT2D eigenvalue weighted by atomic mass is 32.2. The van der Waals surface area contributed by atoms with E-state index in [1.807, 2.05) is 20.8 Å². The molecule has 1 aromatic carbocycles. The zero-order valence-corrected chi connectivity index (χ0v) is 26.2. The van der Waals surface area contributed by atoms with Gasteiger partial charge in [0.15, 0.2) is 0 Å². The fraction of sp³-hybridized carbons (Fsp3) is 0.536. The van der Waals surface area contributed by atoms with Crippen molar-refractivity contribution in [3.63, 3.8) is 0 Å². The second kappa shape index (κ2) is 12.6. The first-order valence-electron chi connectivity index (χ1n) is 13.8. The van der Waals surface area contributed by atoms with Gasteiger partial charge in [-0.1, -0.05) is 6.07 Å². The summed E-state index contributed by atoms with van der Waals surface area (Å²) in [6, 6.07) is 4.95. The maximum absolute atomic E-state index is 13.6. The van der Waals surface area contributed by atoms with E-state index < -0.39 is 28.2 Å². The maximum Gasteiger partial charge on any atom is 0.407 e. The molecule has 0 spiro atoms. The quantitative estimate of drug-likeness (QED) is 0.242. The number of rotatable bonds is 9. The molecule has 2 heterocycles. The third-order valence-electron chi connectivity index (χ3n) is 6.60. The van der Waals surface area contributed by atoms with Gasteiger partial charge in [0.05, 0.1) is 44.7 Å². The lowest BCUT2D eigenvalue weighted by Crippen LogP contribution is -2.40. The summed E-state index contributed by atoms with van der Waals surface area (Å²) in [6.07, 6.45) is 5.08. The molecule has 0 radical (unpaired) electrons. The second-order valence-corrected chi connectivity index (χ2v) is 14.5. The van der Waals surface area contributed by atoms with Crippen LogP contribution in [0, 0.1) is 6.92 Å². The molecule has 42 heavy (non-hydrogen) atoms. The van der Waals surface area contributed by atoms with E-state index in [0.717, 1.165) is 47.5 Å². The van der Waals surface area contributed by atoms with Gasteiger partial charge in [0.25, 0.3) is 0 Å². The van der Waals surface area contributed by atoms with Crippen LogP contribution in [0.5, 0.6) is 0 Å². The number of hydrogen-bond acceptors (Lipinski definition) is 8. The summed E-state index contributed by atoms with van der Waals surface area (Å²) in [5.41, 5.74) is 1.20. The SMILES string of the molecule is Cc1nc([C@H]2CC[C@H](NC(=O)OC(C)C)CC2)sc1-c1ccc(Nc2cnn(C(F)F)c2)cc1S(=O)(=O)NC(C)(C)C. The fourth-order valence-corrected chi connectivity index (χ4v) is 7.88. The number of nitrogens with zero attached hydrogens (tertiary/aromatic N) is 3. The molecule has 4 rings (SSSR count). The number of alkyl halides is 2. The number of amides is 1. The molecule has 3 aromatic rings. The molecule has 1 amide bonds. The number of sulfonamides is 1. The van der Waals surface area contributed by atoms with Crippen molar-refractivity contribution in [2.75, 3.05) is 5.32 Å². The Morgan fingerprint density at radius 1 is 1.14 bits per heavy atom. The van der Waals surface area contributed by atoms with Gasteiger partial charge in [-0.2, -0.15) is 13.9 Å². The molecule has 1 fully saturated rings. The van der Waals surface area contributed by atoms with Gasteiger partial charge in [-0.25, -0.2) is 27.6 Å². The zero-order valence-electron chi connectivity index (χ0n) is 24.6. The summed E-state index contributed by atoms with van der Waals surface area (Å²) in [5, 5.41) is 10.5. The van der Waals surface area contributed by atoms with E-state index in [4.69, 9.17) is 9.72 Å². The molecule has 230 valence electrons. The molecule has 1 saturated carbocycles. The zero-order chi connectivity index (χ0) is 30.8. The van der Waals surface area contributed by atoms with E-state index in [0.29, 0.717) is 21.6 Å². The van der Waals surface area contributed by atoms with Crippen molar-refractivity contribution in [3.05, 3.63) is 41.3 Å². The molecule has 0 unspecified atom stereocenters. The lowest BCUT2D eigenvalue weighted by atomic mass is 9.86. The lowest BCUT2D eigenvalue weighted by molar-refractivity contribution is 0.0566. The van der Waals surface area contributed by atoms with Gasteiger partial charge in [-0.3, -0.25) is 0 Å². The number of hydrogen-bond donors (Lipinski definition) is 3. The summed E-state index contributed by atoms with van der Waals surface area (Å²) in [5.74, 6) is 0.196. The summed E-state index contributed by atoms with van der Waals surface area (Å²) < 4.78 is 61.7. The predicted molar refractivity (Wildman–Crippen MR) is 159 cm³/mol. The lowest BCUT2D eigenvalue weighted by Gasteiger charge is -2.28. The highest BCUT2D eigenvalue weighted by Gasteiger charge is 2.30. The number of halogens is 2. The predicted octanol–water partition coefficient (Wildman–Crippen LogP) is 6.69. The highest BCUT2D eigenvalue weighted by Crippen LogP contribution is 2.42.